The highest BCUT2D eigenvalue weighted by Gasteiger charge is 2.42. The van der Waals surface area contributed by atoms with Gasteiger partial charge in [-0.05, 0) is 60.7 Å². The number of carbonyl (C=O) groups excluding carboxylic acids is 1. The van der Waals surface area contributed by atoms with Gasteiger partial charge in [-0.25, -0.2) is 4.79 Å². The third-order valence-electron chi connectivity index (χ3n) is 8.17. The molecule has 1 aromatic heterocycles. The first-order valence-electron chi connectivity index (χ1n) is 14.9. The van der Waals surface area contributed by atoms with Gasteiger partial charge < -0.3 is 28.8 Å². The van der Waals surface area contributed by atoms with E-state index in [0.717, 1.165) is 16.7 Å². The smallest absolute Gasteiger partial charge is 0.330 e. The van der Waals surface area contributed by atoms with Crippen molar-refractivity contribution >= 4 is 5.78 Å². The third-order valence-corrected chi connectivity index (χ3v) is 8.17. The van der Waals surface area contributed by atoms with E-state index in [2.05, 4.69) is 4.98 Å². The molecule has 4 aromatic rings. The van der Waals surface area contributed by atoms with Crippen LogP contribution in [0.1, 0.15) is 54.7 Å². The molecule has 10 heteroatoms. The molecule has 236 valence electrons. The normalized spacial score (nSPS) is 18.1. The summed E-state index contributed by atoms with van der Waals surface area (Å²) in [5.41, 5.74) is 0.646. The van der Waals surface area contributed by atoms with Crippen LogP contribution in [-0.4, -0.2) is 53.5 Å². The maximum Gasteiger partial charge on any atom is 0.330 e. The van der Waals surface area contributed by atoms with Crippen molar-refractivity contribution in [2.45, 2.75) is 56.6 Å². The number of nitrogens with one attached hydrogen (secondary N) is 1. The summed E-state index contributed by atoms with van der Waals surface area (Å²) in [6.07, 6.45) is 0.186. The van der Waals surface area contributed by atoms with E-state index in [1.165, 1.54) is 17.7 Å². The number of ketones is 1. The number of aromatic amines is 1. The molecule has 3 atom stereocenters. The fraction of sp³-hybridized carbons (Fsp3) is 0.343. The van der Waals surface area contributed by atoms with Crippen molar-refractivity contribution in [3.05, 3.63) is 128 Å². The molecule has 0 radical (unpaired) electrons. The number of ether oxygens (including phenoxy) is 4. The van der Waals surface area contributed by atoms with Crippen LogP contribution >= 0.6 is 0 Å². The number of aliphatic hydroxyl groups is 1. The molecule has 3 aromatic carbocycles. The predicted octanol–water partition coefficient (Wildman–Crippen LogP) is 4.12. The van der Waals surface area contributed by atoms with E-state index in [9.17, 15) is 19.5 Å². The lowest BCUT2D eigenvalue weighted by Gasteiger charge is -2.37. The molecule has 0 aliphatic carbocycles. The maximum atomic E-state index is 12.8. The number of Topliss-reactive ketones (excluding diaryl/α,β-unsaturated/α-hetero) is 1. The van der Waals surface area contributed by atoms with Crippen molar-refractivity contribution in [3.63, 3.8) is 0 Å². The first kappa shape index (κ1) is 31.9. The van der Waals surface area contributed by atoms with Crippen LogP contribution in [0.5, 0.6) is 11.5 Å². The number of H-pyrrole nitrogens is 1. The Kier molecular flexibility index (Phi) is 9.97. The fourth-order valence-corrected chi connectivity index (χ4v) is 5.76. The zero-order valence-corrected chi connectivity index (χ0v) is 25.6. The minimum atomic E-state index is -1.11. The molecule has 2 N–H and O–H groups in total. The fourth-order valence-electron chi connectivity index (χ4n) is 5.76. The van der Waals surface area contributed by atoms with Gasteiger partial charge in [-0.2, -0.15) is 0 Å². The van der Waals surface area contributed by atoms with E-state index in [4.69, 9.17) is 18.9 Å². The number of aromatic nitrogens is 2. The Morgan fingerprint density at radius 3 is 2.07 bits per heavy atom. The highest BCUT2D eigenvalue weighted by Crippen LogP contribution is 2.42. The van der Waals surface area contributed by atoms with Gasteiger partial charge >= 0.3 is 5.69 Å². The van der Waals surface area contributed by atoms with Crippen LogP contribution in [-0.2, 0) is 26.3 Å². The third kappa shape index (κ3) is 6.93. The number of rotatable bonds is 13. The first-order chi connectivity index (χ1) is 21.7. The minimum Gasteiger partial charge on any atom is -0.497 e. The largest absolute Gasteiger partial charge is 0.497 e. The molecule has 1 aliphatic rings. The SMILES string of the molecule is COc1ccc(C(OC[C@H]2O[C@@H](n3cc(CCCC(C)=O)c(=O)[nH]c3=O)C[C@@H]2O)(c2ccccc2)c2ccc(OC)cc2)cc1. The van der Waals surface area contributed by atoms with Crippen LogP contribution in [0.3, 0.4) is 0 Å². The van der Waals surface area contributed by atoms with E-state index in [1.807, 2.05) is 78.9 Å². The van der Waals surface area contributed by atoms with E-state index in [1.54, 1.807) is 14.2 Å². The molecular weight excluding hydrogens is 576 g/mol. The van der Waals surface area contributed by atoms with Gasteiger partial charge in [0.2, 0.25) is 0 Å². The average molecular weight is 615 g/mol. The van der Waals surface area contributed by atoms with Gasteiger partial charge in [0.05, 0.1) is 26.9 Å². The van der Waals surface area contributed by atoms with Gasteiger partial charge in [0, 0.05) is 24.6 Å². The molecule has 1 aliphatic heterocycles. The lowest BCUT2D eigenvalue weighted by atomic mass is 9.80. The topological polar surface area (TPSA) is 129 Å². The van der Waals surface area contributed by atoms with Crippen molar-refractivity contribution in [1.29, 1.82) is 0 Å². The van der Waals surface area contributed by atoms with E-state index < -0.39 is 35.3 Å². The summed E-state index contributed by atoms with van der Waals surface area (Å²) < 4.78 is 25.2. The van der Waals surface area contributed by atoms with Crippen molar-refractivity contribution in [3.8, 4) is 11.5 Å². The van der Waals surface area contributed by atoms with Crippen LogP contribution in [0.25, 0.3) is 0 Å². The molecule has 1 saturated heterocycles. The molecule has 0 saturated carbocycles. The molecule has 10 nitrogen and oxygen atoms in total. The number of hydrogen-bond donors (Lipinski definition) is 2. The Morgan fingerprint density at radius 1 is 0.933 bits per heavy atom. The van der Waals surface area contributed by atoms with Crippen molar-refractivity contribution in [2.75, 3.05) is 20.8 Å². The summed E-state index contributed by atoms with van der Waals surface area (Å²) in [5, 5.41) is 11.1. The van der Waals surface area contributed by atoms with Crippen molar-refractivity contribution < 1.29 is 28.8 Å². The van der Waals surface area contributed by atoms with Crippen molar-refractivity contribution in [2.24, 2.45) is 0 Å². The number of carbonyl (C=O) groups is 1. The summed E-state index contributed by atoms with van der Waals surface area (Å²) in [5.74, 6) is 1.42. The molecule has 0 amide bonds. The zero-order chi connectivity index (χ0) is 32.0. The maximum absolute atomic E-state index is 12.8. The van der Waals surface area contributed by atoms with Gasteiger partial charge in [0.25, 0.3) is 5.56 Å². The van der Waals surface area contributed by atoms with E-state index in [-0.39, 0.29) is 18.8 Å². The number of aliphatic hydroxyl groups excluding tert-OH is 1. The average Bonchev–Trinajstić information content (AvgIpc) is 3.43. The second kappa shape index (κ2) is 14.1. The Morgan fingerprint density at radius 2 is 1.51 bits per heavy atom. The molecule has 1 fully saturated rings. The molecule has 0 spiro atoms. The Hall–Kier alpha value is -4.51. The van der Waals surface area contributed by atoms with E-state index >= 15 is 0 Å². The number of aryl methyl sites for hydroxylation is 1. The Labute approximate surface area is 261 Å². The monoisotopic (exact) mass is 614 g/mol. The van der Waals surface area contributed by atoms with Crippen LogP contribution in [0.2, 0.25) is 0 Å². The molecule has 0 unspecified atom stereocenters. The van der Waals surface area contributed by atoms with Gasteiger partial charge in [0.1, 0.15) is 35.2 Å². The van der Waals surface area contributed by atoms with Crippen molar-refractivity contribution in [1.82, 2.24) is 9.55 Å². The van der Waals surface area contributed by atoms with Gasteiger partial charge in [-0.3, -0.25) is 14.3 Å². The summed E-state index contributed by atoms with van der Waals surface area (Å²) in [6.45, 7) is 1.48. The van der Waals surface area contributed by atoms with Crippen LogP contribution in [0.15, 0.2) is 94.6 Å². The minimum absolute atomic E-state index is 0.0197. The standard InChI is InChI=1S/C35H38N2O8/c1-23(38)8-7-9-24-21-37(34(41)36-33(24)40)32-20-30(39)31(45-32)22-44-35(25-10-5-4-6-11-25,26-12-16-28(42-2)17-13-26)27-14-18-29(43-3)19-15-27/h4-6,10-19,21,30-32,39H,7-9,20,22H2,1-3H3,(H,36,40,41)/t30-,31+,32+/m0/s1. The number of hydrogen-bond acceptors (Lipinski definition) is 8. The number of methoxy groups -OCH3 is 2. The summed E-state index contributed by atoms with van der Waals surface area (Å²) in [4.78, 5) is 38.9. The Bertz CT molecular complexity index is 1650. The summed E-state index contributed by atoms with van der Waals surface area (Å²) in [7, 11) is 3.22. The van der Waals surface area contributed by atoms with Crippen LogP contribution < -0.4 is 20.7 Å². The van der Waals surface area contributed by atoms with Crippen LogP contribution in [0, 0.1) is 0 Å². The quantitative estimate of drug-likeness (QED) is 0.215. The van der Waals surface area contributed by atoms with Crippen LogP contribution in [0.4, 0.5) is 0 Å². The molecular formula is C35H38N2O8. The lowest BCUT2D eigenvalue weighted by molar-refractivity contribution is -0.117. The summed E-state index contributed by atoms with van der Waals surface area (Å²) in [6, 6.07) is 25.0. The molecule has 2 heterocycles. The zero-order valence-electron chi connectivity index (χ0n) is 25.6. The molecule has 5 rings (SSSR count). The van der Waals surface area contributed by atoms with Gasteiger partial charge in [0.15, 0.2) is 0 Å². The number of benzene rings is 3. The lowest BCUT2D eigenvalue weighted by Crippen LogP contribution is -2.38. The Balaban J connectivity index is 1.47. The predicted molar refractivity (Wildman–Crippen MR) is 168 cm³/mol. The first-order valence-corrected chi connectivity index (χ1v) is 14.9. The van der Waals surface area contributed by atoms with E-state index in [0.29, 0.717) is 36.3 Å². The summed E-state index contributed by atoms with van der Waals surface area (Å²) >= 11 is 0. The molecule has 45 heavy (non-hydrogen) atoms. The second-order valence-electron chi connectivity index (χ2n) is 11.1. The second-order valence-corrected chi connectivity index (χ2v) is 11.1. The highest BCUT2D eigenvalue weighted by molar-refractivity contribution is 5.75. The number of nitrogens with zero attached hydrogens (tertiary/aromatic N) is 1. The highest BCUT2D eigenvalue weighted by atomic mass is 16.6. The van der Waals surface area contributed by atoms with Gasteiger partial charge in [-0.1, -0.05) is 54.6 Å². The molecule has 0 bridgehead atoms. The van der Waals surface area contributed by atoms with Gasteiger partial charge in [-0.15, -0.1) is 0 Å².